The topological polar surface area (TPSA) is 139 Å². The van der Waals surface area contributed by atoms with Crippen LogP contribution in [0, 0.1) is 11.3 Å². The van der Waals surface area contributed by atoms with Gasteiger partial charge in [0.2, 0.25) is 5.91 Å². The van der Waals surface area contributed by atoms with Crippen LogP contribution < -0.4 is 16.1 Å². The van der Waals surface area contributed by atoms with Gasteiger partial charge in [-0.2, -0.15) is 0 Å². The number of carbonyl (C=O) groups is 4. The van der Waals surface area contributed by atoms with Gasteiger partial charge >= 0.3 is 5.97 Å². The van der Waals surface area contributed by atoms with Gasteiger partial charge in [-0.05, 0) is 56.7 Å². The summed E-state index contributed by atoms with van der Waals surface area (Å²) >= 11 is 0. The van der Waals surface area contributed by atoms with Crippen LogP contribution in [0.25, 0.3) is 17.0 Å². The van der Waals surface area contributed by atoms with Crippen LogP contribution in [0.3, 0.4) is 0 Å². The Morgan fingerprint density at radius 3 is 2.52 bits per heavy atom. The number of esters is 1. The van der Waals surface area contributed by atoms with Crippen molar-refractivity contribution < 1.29 is 28.7 Å². The third-order valence-corrected chi connectivity index (χ3v) is 8.19. The highest BCUT2D eigenvalue weighted by atomic mass is 16.6. The molecule has 3 aliphatic rings. The molecule has 0 saturated carbocycles. The highest BCUT2D eigenvalue weighted by molar-refractivity contribution is 5.92. The molecule has 224 valence electrons. The molecule has 3 amide bonds. The van der Waals surface area contributed by atoms with Crippen molar-refractivity contribution in [3.05, 3.63) is 47.7 Å². The zero-order valence-corrected chi connectivity index (χ0v) is 24.5. The van der Waals surface area contributed by atoms with Gasteiger partial charge in [0.25, 0.3) is 11.8 Å². The fraction of sp³-hybridized carbons (Fsp3) is 0.516. The number of rotatable bonds is 1. The number of hydrogen-bond acceptors (Lipinski definition) is 8. The second-order valence-corrected chi connectivity index (χ2v) is 11.8. The standard InChI is InChI=1S/C31H39N5O6/c1-18(2)26-28(38)33-20(4)29(39)36-14-5-6-24(35-36)27(37)32-19(3)23-10-9-22-8-7-21(16-25(22)34-23)11-12-31(30(40)42-26)13-15-41-17-31/h7-12,16,18-20,24,26,35H,5-6,13-15,17H2,1-4H3,(H,32,37)(H,33,38)/b12-11+/t19-,20+,24+,26+,31?/m1/s1. The second-order valence-electron chi connectivity index (χ2n) is 11.8. The summed E-state index contributed by atoms with van der Waals surface area (Å²) in [5.74, 6) is -2.07. The minimum absolute atomic E-state index is 0.138. The van der Waals surface area contributed by atoms with Gasteiger partial charge in [0.1, 0.15) is 17.5 Å². The Labute approximate surface area is 245 Å². The Hall–Kier alpha value is -3.83. The van der Waals surface area contributed by atoms with Crippen molar-refractivity contribution in [2.45, 2.75) is 71.2 Å². The number of aromatic nitrogens is 1. The van der Waals surface area contributed by atoms with Crippen LogP contribution in [0.15, 0.2) is 36.4 Å². The third kappa shape index (κ3) is 6.17. The molecule has 4 heterocycles. The van der Waals surface area contributed by atoms with Crippen LogP contribution in [-0.4, -0.2) is 71.6 Å². The lowest BCUT2D eigenvalue weighted by Crippen LogP contribution is -2.61. The largest absolute Gasteiger partial charge is 0.451 e. The average Bonchev–Trinajstić information content (AvgIpc) is 3.47. The molecule has 2 saturated heterocycles. The Kier molecular flexibility index (Phi) is 8.60. The Morgan fingerprint density at radius 1 is 1.02 bits per heavy atom. The summed E-state index contributed by atoms with van der Waals surface area (Å²) in [5.41, 5.74) is 4.26. The number of benzene rings is 1. The van der Waals surface area contributed by atoms with Crippen molar-refractivity contribution in [1.29, 1.82) is 0 Å². The predicted molar refractivity (Wildman–Crippen MR) is 155 cm³/mol. The molecule has 1 spiro atoms. The summed E-state index contributed by atoms with van der Waals surface area (Å²) in [5, 5.41) is 8.06. The van der Waals surface area contributed by atoms with E-state index < -0.39 is 35.5 Å². The Bertz CT molecular complexity index is 1400. The van der Waals surface area contributed by atoms with Crippen molar-refractivity contribution in [3.8, 4) is 0 Å². The first kappa shape index (κ1) is 29.7. The molecule has 1 aromatic carbocycles. The fourth-order valence-corrected chi connectivity index (χ4v) is 5.53. The molecule has 5 atom stereocenters. The maximum Gasteiger partial charge on any atom is 0.319 e. The van der Waals surface area contributed by atoms with E-state index >= 15 is 0 Å². The molecule has 1 aromatic heterocycles. The van der Waals surface area contributed by atoms with Gasteiger partial charge in [-0.3, -0.25) is 29.2 Å². The zero-order chi connectivity index (χ0) is 30.0. The number of hydrogen-bond donors (Lipinski definition) is 3. The van der Waals surface area contributed by atoms with E-state index in [0.29, 0.717) is 38.1 Å². The number of nitrogens with one attached hydrogen (secondary N) is 3. The molecule has 3 N–H and O–H groups in total. The molecular formula is C31H39N5O6. The number of hydrazine groups is 1. The summed E-state index contributed by atoms with van der Waals surface area (Å²) in [6.45, 7) is 7.93. The molecule has 11 nitrogen and oxygen atoms in total. The van der Waals surface area contributed by atoms with E-state index in [0.717, 1.165) is 16.5 Å². The van der Waals surface area contributed by atoms with Crippen LogP contribution in [0.5, 0.6) is 0 Å². The molecule has 11 heteroatoms. The molecular weight excluding hydrogens is 538 g/mol. The third-order valence-electron chi connectivity index (χ3n) is 8.19. The summed E-state index contributed by atoms with van der Waals surface area (Å²) in [6, 6.07) is 7.78. The smallest absolute Gasteiger partial charge is 0.319 e. The van der Waals surface area contributed by atoms with E-state index in [9.17, 15) is 19.2 Å². The summed E-state index contributed by atoms with van der Waals surface area (Å²) in [4.78, 5) is 58.2. The van der Waals surface area contributed by atoms with Gasteiger partial charge in [-0.15, -0.1) is 0 Å². The lowest BCUT2D eigenvalue weighted by atomic mass is 9.86. The molecule has 5 rings (SSSR count). The summed E-state index contributed by atoms with van der Waals surface area (Å²) < 4.78 is 11.5. The lowest BCUT2D eigenvalue weighted by molar-refractivity contribution is -0.166. The number of nitrogens with zero attached hydrogens (tertiary/aromatic N) is 2. The Balaban J connectivity index is 1.52. The van der Waals surface area contributed by atoms with E-state index in [1.54, 1.807) is 26.8 Å². The zero-order valence-electron chi connectivity index (χ0n) is 24.5. The molecule has 0 aliphatic carbocycles. The first-order valence-corrected chi connectivity index (χ1v) is 14.6. The second kappa shape index (κ2) is 12.2. The number of cyclic esters (lactones) is 1. The maximum atomic E-state index is 13.6. The van der Waals surface area contributed by atoms with Crippen LogP contribution in [-0.2, 0) is 28.7 Å². The fourth-order valence-electron chi connectivity index (χ4n) is 5.53. The summed E-state index contributed by atoms with van der Waals surface area (Å²) in [7, 11) is 0. The Morgan fingerprint density at radius 2 is 1.79 bits per heavy atom. The maximum absolute atomic E-state index is 13.6. The van der Waals surface area contributed by atoms with E-state index in [2.05, 4.69) is 16.1 Å². The normalized spacial score (nSPS) is 30.4. The van der Waals surface area contributed by atoms with Crippen molar-refractivity contribution in [3.63, 3.8) is 0 Å². The quantitative estimate of drug-likeness (QED) is 0.440. The van der Waals surface area contributed by atoms with Crippen LogP contribution in [0.2, 0.25) is 0 Å². The number of fused-ring (bicyclic) bond motifs is 4. The minimum Gasteiger partial charge on any atom is -0.451 e. The SMILES string of the molecule is CC(C)[C@@H]1OC(=O)C2(/C=C/c3ccc4ccc(nc4c3)[C@@H](C)NC(=O)[C@@H]3CCCN(N3)C(=O)[C@H](C)NC1=O)CCOC2. The predicted octanol–water partition coefficient (Wildman–Crippen LogP) is 2.41. The highest BCUT2D eigenvalue weighted by Gasteiger charge is 2.44. The number of ether oxygens (including phenoxy) is 2. The monoisotopic (exact) mass is 577 g/mol. The van der Waals surface area contributed by atoms with Gasteiger partial charge in [-0.25, -0.2) is 5.43 Å². The molecule has 1 unspecified atom stereocenters. The van der Waals surface area contributed by atoms with Gasteiger partial charge in [0.15, 0.2) is 6.10 Å². The average molecular weight is 578 g/mol. The number of pyridine rings is 1. The molecule has 2 fully saturated rings. The van der Waals surface area contributed by atoms with E-state index in [1.807, 2.05) is 43.3 Å². The van der Waals surface area contributed by atoms with E-state index in [4.69, 9.17) is 14.5 Å². The summed E-state index contributed by atoms with van der Waals surface area (Å²) in [6.07, 6.45) is 4.12. The highest BCUT2D eigenvalue weighted by Crippen LogP contribution is 2.34. The van der Waals surface area contributed by atoms with Crippen molar-refractivity contribution in [1.82, 2.24) is 26.1 Å². The van der Waals surface area contributed by atoms with Crippen molar-refractivity contribution >= 4 is 40.7 Å². The van der Waals surface area contributed by atoms with Gasteiger partial charge in [0.05, 0.1) is 23.9 Å². The van der Waals surface area contributed by atoms with Crippen LogP contribution >= 0.6 is 0 Å². The van der Waals surface area contributed by atoms with Crippen LogP contribution in [0.1, 0.15) is 64.3 Å². The molecule has 5 bridgehead atoms. The van der Waals surface area contributed by atoms with Gasteiger partial charge in [0, 0.05) is 18.5 Å². The molecule has 2 aromatic rings. The van der Waals surface area contributed by atoms with Crippen molar-refractivity contribution in [2.75, 3.05) is 19.8 Å². The first-order chi connectivity index (χ1) is 20.1. The molecule has 42 heavy (non-hydrogen) atoms. The van der Waals surface area contributed by atoms with Crippen molar-refractivity contribution in [2.24, 2.45) is 11.3 Å². The molecule has 3 aliphatic heterocycles. The minimum atomic E-state index is -1.11. The van der Waals surface area contributed by atoms with Gasteiger partial charge < -0.3 is 20.1 Å². The lowest BCUT2D eigenvalue weighted by Gasteiger charge is -2.35. The van der Waals surface area contributed by atoms with E-state index in [-0.39, 0.29) is 30.4 Å². The van der Waals surface area contributed by atoms with E-state index in [1.165, 1.54) is 5.01 Å². The molecule has 0 radical (unpaired) electrons. The van der Waals surface area contributed by atoms with Gasteiger partial charge in [-0.1, -0.05) is 44.2 Å². The first-order valence-electron chi connectivity index (χ1n) is 14.6. The number of amides is 3. The number of carbonyl (C=O) groups excluding carboxylic acids is 4. The van der Waals surface area contributed by atoms with Crippen LogP contribution in [0.4, 0.5) is 0 Å².